The van der Waals surface area contributed by atoms with Gasteiger partial charge in [-0.2, -0.15) is 0 Å². The molecule has 3 N–H and O–H groups in total. The van der Waals surface area contributed by atoms with E-state index < -0.39 is 5.91 Å². The van der Waals surface area contributed by atoms with Gasteiger partial charge in [0.05, 0.1) is 0 Å². The first-order chi connectivity index (χ1) is 10.6. The van der Waals surface area contributed by atoms with Gasteiger partial charge in [-0.25, -0.2) is 0 Å². The lowest BCUT2D eigenvalue weighted by molar-refractivity contribution is 0.0584. The van der Waals surface area contributed by atoms with Crippen LogP contribution in [0, 0.1) is 0 Å². The molecule has 6 nitrogen and oxygen atoms in total. The van der Waals surface area contributed by atoms with Gasteiger partial charge >= 0.3 is 0 Å². The predicted molar refractivity (Wildman–Crippen MR) is 83.7 cm³/mol. The Morgan fingerprint density at radius 3 is 2.50 bits per heavy atom. The number of nitrogens with one attached hydrogen (secondary N) is 1. The van der Waals surface area contributed by atoms with Crippen molar-refractivity contribution in [3.8, 4) is 0 Å². The van der Waals surface area contributed by atoms with Gasteiger partial charge in [0, 0.05) is 49.9 Å². The number of rotatable bonds is 3. The number of benzene rings is 1. The van der Waals surface area contributed by atoms with Crippen molar-refractivity contribution < 1.29 is 9.59 Å². The topological polar surface area (TPSA) is 78.7 Å². The van der Waals surface area contributed by atoms with E-state index >= 15 is 0 Å². The molecule has 0 bridgehead atoms. The summed E-state index contributed by atoms with van der Waals surface area (Å²) in [7, 11) is 0. The van der Waals surface area contributed by atoms with Gasteiger partial charge < -0.3 is 16.0 Å². The Bertz CT molecular complexity index is 561. The second kappa shape index (κ2) is 6.46. The Kier molecular flexibility index (Phi) is 4.40. The molecule has 2 amide bonds. The minimum Gasteiger partial charge on any atom is -0.366 e. The van der Waals surface area contributed by atoms with Crippen LogP contribution in [0.3, 0.4) is 0 Å². The highest BCUT2D eigenvalue weighted by Gasteiger charge is 2.28. The van der Waals surface area contributed by atoms with Crippen molar-refractivity contribution >= 4 is 11.8 Å². The van der Waals surface area contributed by atoms with Crippen LogP contribution in [0.2, 0.25) is 0 Å². The van der Waals surface area contributed by atoms with Gasteiger partial charge in [0.15, 0.2) is 0 Å². The van der Waals surface area contributed by atoms with E-state index in [-0.39, 0.29) is 5.91 Å². The maximum atomic E-state index is 12.5. The summed E-state index contributed by atoms with van der Waals surface area (Å²) >= 11 is 0. The molecule has 22 heavy (non-hydrogen) atoms. The van der Waals surface area contributed by atoms with Gasteiger partial charge in [-0.05, 0) is 31.2 Å². The van der Waals surface area contributed by atoms with Crippen molar-refractivity contribution in [1.29, 1.82) is 0 Å². The first-order valence-electron chi connectivity index (χ1n) is 7.79. The number of primary amides is 1. The van der Waals surface area contributed by atoms with Gasteiger partial charge in [-0.1, -0.05) is 6.07 Å². The molecule has 3 rings (SSSR count). The average Bonchev–Trinajstić information content (AvgIpc) is 3.09. The standard InChI is InChI=1S/C16H22N4O2/c17-15(21)12-2-1-3-13(10-12)16(22)20-8-6-19(7-9-20)14-4-5-18-11-14/h1-3,10,14,18H,4-9,11H2,(H2,17,21). The molecule has 0 radical (unpaired) electrons. The molecule has 2 fully saturated rings. The van der Waals surface area contributed by atoms with Crippen molar-refractivity contribution in [3.05, 3.63) is 35.4 Å². The van der Waals surface area contributed by atoms with Crippen LogP contribution in [0.25, 0.3) is 0 Å². The maximum absolute atomic E-state index is 12.5. The summed E-state index contributed by atoms with van der Waals surface area (Å²) in [6.45, 7) is 5.42. The van der Waals surface area contributed by atoms with Gasteiger partial charge in [-0.3, -0.25) is 14.5 Å². The molecular formula is C16H22N4O2. The number of carbonyl (C=O) groups is 2. The molecule has 1 unspecified atom stereocenters. The molecule has 2 saturated heterocycles. The molecule has 0 aliphatic carbocycles. The summed E-state index contributed by atoms with van der Waals surface area (Å²) in [5, 5.41) is 3.38. The van der Waals surface area contributed by atoms with E-state index in [0.29, 0.717) is 17.2 Å². The fraction of sp³-hybridized carbons (Fsp3) is 0.500. The average molecular weight is 302 g/mol. The SMILES string of the molecule is NC(=O)c1cccc(C(=O)N2CCN(C3CCNC3)CC2)c1. The minimum absolute atomic E-state index is 0.0210. The third-order valence-corrected chi connectivity index (χ3v) is 4.55. The number of carbonyl (C=O) groups excluding carboxylic acids is 2. The number of nitrogens with two attached hydrogens (primary N) is 1. The first kappa shape index (κ1) is 15.0. The highest BCUT2D eigenvalue weighted by Crippen LogP contribution is 2.14. The van der Waals surface area contributed by atoms with Gasteiger partial charge in [0.1, 0.15) is 0 Å². The molecule has 118 valence electrons. The second-order valence-electron chi connectivity index (χ2n) is 5.92. The third kappa shape index (κ3) is 3.13. The molecular weight excluding hydrogens is 280 g/mol. The van der Waals surface area contributed by atoms with Crippen LogP contribution in [0.15, 0.2) is 24.3 Å². The van der Waals surface area contributed by atoms with Crippen molar-refractivity contribution in [2.45, 2.75) is 12.5 Å². The van der Waals surface area contributed by atoms with E-state index in [1.165, 1.54) is 6.42 Å². The lowest BCUT2D eigenvalue weighted by atomic mass is 10.1. The monoisotopic (exact) mass is 302 g/mol. The Morgan fingerprint density at radius 1 is 1.14 bits per heavy atom. The van der Waals surface area contributed by atoms with Crippen LogP contribution < -0.4 is 11.1 Å². The number of hydrogen-bond acceptors (Lipinski definition) is 4. The zero-order valence-electron chi connectivity index (χ0n) is 12.6. The van der Waals surface area contributed by atoms with E-state index in [4.69, 9.17) is 5.73 Å². The van der Waals surface area contributed by atoms with Gasteiger partial charge in [0.25, 0.3) is 5.91 Å². The van der Waals surface area contributed by atoms with E-state index in [0.717, 1.165) is 39.3 Å². The molecule has 2 heterocycles. The number of piperazine rings is 1. The Balaban J connectivity index is 1.62. The first-order valence-corrected chi connectivity index (χ1v) is 7.79. The van der Waals surface area contributed by atoms with Crippen LogP contribution in [0.5, 0.6) is 0 Å². The third-order valence-electron chi connectivity index (χ3n) is 4.55. The molecule has 1 aromatic carbocycles. The highest BCUT2D eigenvalue weighted by molar-refractivity contribution is 5.99. The fourth-order valence-corrected chi connectivity index (χ4v) is 3.23. The normalized spacial score (nSPS) is 22.7. The summed E-state index contributed by atoms with van der Waals surface area (Å²) in [6.07, 6.45) is 1.19. The molecule has 0 saturated carbocycles. The van der Waals surface area contributed by atoms with Crippen LogP contribution in [-0.2, 0) is 0 Å². The molecule has 1 aromatic rings. The molecule has 6 heteroatoms. The number of amides is 2. The Labute approximate surface area is 130 Å². The largest absolute Gasteiger partial charge is 0.366 e. The summed E-state index contributed by atoms with van der Waals surface area (Å²) < 4.78 is 0. The lowest BCUT2D eigenvalue weighted by Crippen LogP contribution is -2.52. The van der Waals surface area contributed by atoms with Crippen LogP contribution >= 0.6 is 0 Å². The van der Waals surface area contributed by atoms with E-state index in [9.17, 15) is 9.59 Å². The summed E-state index contributed by atoms with van der Waals surface area (Å²) in [4.78, 5) is 28.1. The summed E-state index contributed by atoms with van der Waals surface area (Å²) in [5.74, 6) is -0.527. The lowest BCUT2D eigenvalue weighted by Gasteiger charge is -2.37. The van der Waals surface area contributed by atoms with E-state index in [2.05, 4.69) is 10.2 Å². The Morgan fingerprint density at radius 2 is 1.86 bits per heavy atom. The van der Waals surface area contributed by atoms with E-state index in [1.807, 2.05) is 4.90 Å². The van der Waals surface area contributed by atoms with Gasteiger partial charge in [0.2, 0.25) is 5.91 Å². The van der Waals surface area contributed by atoms with Crippen LogP contribution in [0.4, 0.5) is 0 Å². The smallest absolute Gasteiger partial charge is 0.253 e. The molecule has 2 aliphatic heterocycles. The zero-order chi connectivity index (χ0) is 15.5. The van der Waals surface area contributed by atoms with Gasteiger partial charge in [-0.15, -0.1) is 0 Å². The zero-order valence-corrected chi connectivity index (χ0v) is 12.6. The van der Waals surface area contributed by atoms with Crippen molar-refractivity contribution in [3.63, 3.8) is 0 Å². The number of nitrogens with zero attached hydrogens (tertiary/aromatic N) is 2. The molecule has 0 spiro atoms. The fourth-order valence-electron chi connectivity index (χ4n) is 3.23. The molecule has 1 atom stereocenters. The van der Waals surface area contributed by atoms with Crippen LogP contribution in [-0.4, -0.2) is 66.9 Å². The second-order valence-corrected chi connectivity index (χ2v) is 5.92. The van der Waals surface area contributed by atoms with Crippen molar-refractivity contribution in [2.24, 2.45) is 5.73 Å². The van der Waals surface area contributed by atoms with Crippen molar-refractivity contribution in [1.82, 2.24) is 15.1 Å². The highest BCUT2D eigenvalue weighted by atomic mass is 16.2. The molecule has 0 aromatic heterocycles. The van der Waals surface area contributed by atoms with Crippen molar-refractivity contribution in [2.75, 3.05) is 39.3 Å². The summed E-state index contributed by atoms with van der Waals surface area (Å²) in [6, 6.07) is 7.26. The van der Waals surface area contributed by atoms with Crippen LogP contribution in [0.1, 0.15) is 27.1 Å². The predicted octanol–water partition coefficient (Wildman–Crippen LogP) is -0.0948. The summed E-state index contributed by atoms with van der Waals surface area (Å²) in [5.41, 5.74) is 6.18. The minimum atomic E-state index is -0.506. The maximum Gasteiger partial charge on any atom is 0.253 e. The molecule has 2 aliphatic rings. The quantitative estimate of drug-likeness (QED) is 0.817. The van der Waals surface area contributed by atoms with E-state index in [1.54, 1.807) is 24.3 Å². The number of hydrogen-bond donors (Lipinski definition) is 2. The Hall–Kier alpha value is -1.92.